The highest BCUT2D eigenvalue weighted by Crippen LogP contribution is 2.31. The Bertz CT molecular complexity index is 1400. The molecule has 6 nitrogen and oxygen atoms in total. The molecule has 2 heterocycles. The van der Waals surface area contributed by atoms with Crippen LogP contribution in [0.25, 0.3) is 6.08 Å². The van der Waals surface area contributed by atoms with Gasteiger partial charge in [0.2, 0.25) is 0 Å². The van der Waals surface area contributed by atoms with E-state index in [9.17, 15) is 9.59 Å². The molecule has 4 rings (SSSR count). The van der Waals surface area contributed by atoms with Gasteiger partial charge in [0.15, 0.2) is 4.80 Å². The van der Waals surface area contributed by atoms with Crippen molar-refractivity contribution in [2.45, 2.75) is 19.9 Å². The normalized spacial score (nSPS) is 15.8. The first-order valence-corrected chi connectivity index (χ1v) is 11.7. The molecule has 1 aliphatic rings. The van der Waals surface area contributed by atoms with Gasteiger partial charge < -0.3 is 9.64 Å². The van der Waals surface area contributed by atoms with Crippen LogP contribution in [0.4, 0.5) is 5.69 Å². The molecule has 33 heavy (non-hydrogen) atoms. The van der Waals surface area contributed by atoms with Gasteiger partial charge >= 0.3 is 5.97 Å². The summed E-state index contributed by atoms with van der Waals surface area (Å²) in [5.41, 5.74) is 3.42. The van der Waals surface area contributed by atoms with Crippen molar-refractivity contribution in [1.82, 2.24) is 4.57 Å². The zero-order valence-corrected chi connectivity index (χ0v) is 20.4. The van der Waals surface area contributed by atoms with Gasteiger partial charge in [-0.2, -0.15) is 0 Å². The lowest BCUT2D eigenvalue weighted by molar-refractivity contribution is -0.139. The van der Waals surface area contributed by atoms with E-state index in [1.54, 1.807) is 30.5 Å². The lowest BCUT2D eigenvalue weighted by atomic mass is 9.95. The average Bonchev–Trinajstić information content (AvgIpc) is 3.09. The second-order valence-electron chi connectivity index (χ2n) is 7.84. The molecule has 0 saturated carbocycles. The Morgan fingerprint density at radius 2 is 1.85 bits per heavy atom. The number of rotatable bonds is 5. The molecule has 2 aromatic carbocycles. The standard InChI is InChI=1S/C25H24ClN3O3S/c1-5-32-24(31)21-15(2)27-25-29(22(21)17-8-12-19(13-9-17)28(3)4)23(30)20(33-25)14-16-6-10-18(26)11-7-16/h6-14,22H,5H2,1-4H3/b20-14+/t22-/m1/s1. The van der Waals surface area contributed by atoms with Crippen LogP contribution in [-0.4, -0.2) is 31.2 Å². The van der Waals surface area contributed by atoms with E-state index in [0.717, 1.165) is 16.8 Å². The van der Waals surface area contributed by atoms with E-state index in [1.165, 1.54) is 11.3 Å². The number of fused-ring (bicyclic) bond motifs is 1. The molecular weight excluding hydrogens is 458 g/mol. The van der Waals surface area contributed by atoms with Crippen LogP contribution in [0.5, 0.6) is 0 Å². The zero-order valence-electron chi connectivity index (χ0n) is 18.8. The molecule has 0 spiro atoms. The first kappa shape index (κ1) is 23.0. The minimum Gasteiger partial charge on any atom is -0.463 e. The number of allylic oxidation sites excluding steroid dienone is 1. The van der Waals surface area contributed by atoms with E-state index in [-0.39, 0.29) is 12.2 Å². The van der Waals surface area contributed by atoms with Crippen LogP contribution in [0, 0.1) is 0 Å². The molecule has 170 valence electrons. The second-order valence-corrected chi connectivity index (χ2v) is 9.29. The maximum absolute atomic E-state index is 13.5. The fourth-order valence-electron chi connectivity index (χ4n) is 3.77. The highest BCUT2D eigenvalue weighted by molar-refractivity contribution is 7.07. The average molecular weight is 482 g/mol. The predicted octanol–water partition coefficient (Wildman–Crippen LogP) is 3.52. The van der Waals surface area contributed by atoms with E-state index in [4.69, 9.17) is 16.3 Å². The molecule has 3 aromatic rings. The molecule has 1 aromatic heterocycles. The highest BCUT2D eigenvalue weighted by atomic mass is 35.5. The first-order valence-electron chi connectivity index (χ1n) is 10.5. The summed E-state index contributed by atoms with van der Waals surface area (Å²) >= 11 is 7.29. The van der Waals surface area contributed by atoms with Crippen LogP contribution >= 0.6 is 22.9 Å². The van der Waals surface area contributed by atoms with Gasteiger partial charge in [-0.25, -0.2) is 9.79 Å². The Kier molecular flexibility index (Phi) is 6.54. The number of esters is 1. The largest absolute Gasteiger partial charge is 0.463 e. The first-order chi connectivity index (χ1) is 15.8. The number of hydrogen-bond acceptors (Lipinski definition) is 6. The fourth-order valence-corrected chi connectivity index (χ4v) is 4.94. The summed E-state index contributed by atoms with van der Waals surface area (Å²) in [6.45, 7) is 3.78. The Balaban J connectivity index is 1.92. The minimum atomic E-state index is -0.621. The highest BCUT2D eigenvalue weighted by Gasteiger charge is 2.33. The molecular formula is C25H24ClN3O3S. The molecule has 0 unspecified atom stereocenters. The Morgan fingerprint density at radius 1 is 1.18 bits per heavy atom. The van der Waals surface area contributed by atoms with Gasteiger partial charge in [-0.15, -0.1) is 0 Å². The number of anilines is 1. The van der Waals surface area contributed by atoms with E-state index in [1.807, 2.05) is 61.5 Å². The van der Waals surface area contributed by atoms with Crippen LogP contribution in [0.2, 0.25) is 5.02 Å². The SMILES string of the molecule is CCOC(=O)C1=C(C)N=c2s/c(=C/c3ccc(Cl)cc3)c(=O)n2[C@@H]1c1ccc(N(C)C)cc1. The summed E-state index contributed by atoms with van der Waals surface area (Å²) in [4.78, 5) is 33.6. The van der Waals surface area contributed by atoms with Gasteiger partial charge in [0.25, 0.3) is 5.56 Å². The lowest BCUT2D eigenvalue weighted by Gasteiger charge is -2.25. The van der Waals surface area contributed by atoms with Crippen molar-refractivity contribution < 1.29 is 9.53 Å². The van der Waals surface area contributed by atoms with Crippen LogP contribution in [0.15, 0.2) is 69.6 Å². The number of thiazole rings is 1. The molecule has 0 aliphatic carbocycles. The van der Waals surface area contributed by atoms with Gasteiger partial charge in [-0.05, 0) is 55.3 Å². The zero-order chi connectivity index (χ0) is 23.7. The molecule has 0 radical (unpaired) electrons. The molecule has 1 aliphatic heterocycles. The number of benzene rings is 2. The Labute approximate surface area is 200 Å². The van der Waals surface area contributed by atoms with Gasteiger partial charge in [0.05, 0.1) is 28.5 Å². The van der Waals surface area contributed by atoms with Crippen molar-refractivity contribution >= 4 is 40.7 Å². The molecule has 0 fully saturated rings. The van der Waals surface area contributed by atoms with Crippen molar-refractivity contribution in [3.05, 3.63) is 95.6 Å². The topological polar surface area (TPSA) is 63.9 Å². The van der Waals surface area contributed by atoms with Crippen LogP contribution < -0.4 is 19.8 Å². The number of carbonyl (C=O) groups excluding carboxylic acids is 1. The molecule has 1 atom stereocenters. The molecule has 0 bridgehead atoms. The quantitative estimate of drug-likeness (QED) is 0.523. The summed E-state index contributed by atoms with van der Waals surface area (Å²) < 4.78 is 7.46. The number of aromatic nitrogens is 1. The number of hydrogen-bond donors (Lipinski definition) is 0. The maximum atomic E-state index is 13.5. The molecule has 0 amide bonds. The monoisotopic (exact) mass is 481 g/mol. The van der Waals surface area contributed by atoms with Crippen LogP contribution in [0.1, 0.15) is 31.0 Å². The van der Waals surface area contributed by atoms with Crippen molar-refractivity contribution in [1.29, 1.82) is 0 Å². The number of ether oxygens (including phenoxy) is 1. The summed E-state index contributed by atoms with van der Waals surface area (Å²) in [6.07, 6.45) is 1.82. The predicted molar refractivity (Wildman–Crippen MR) is 133 cm³/mol. The maximum Gasteiger partial charge on any atom is 0.338 e. The van der Waals surface area contributed by atoms with Gasteiger partial charge in [0, 0.05) is 24.8 Å². The lowest BCUT2D eigenvalue weighted by Crippen LogP contribution is -2.39. The number of carbonyl (C=O) groups is 1. The van der Waals surface area contributed by atoms with Gasteiger partial charge in [-0.3, -0.25) is 9.36 Å². The summed E-state index contributed by atoms with van der Waals surface area (Å²) in [7, 11) is 3.92. The smallest absolute Gasteiger partial charge is 0.338 e. The third-order valence-electron chi connectivity index (χ3n) is 5.41. The number of nitrogens with zero attached hydrogens (tertiary/aromatic N) is 3. The van der Waals surface area contributed by atoms with Crippen LogP contribution in [-0.2, 0) is 9.53 Å². The summed E-state index contributed by atoms with van der Waals surface area (Å²) in [5.74, 6) is -0.465. The van der Waals surface area contributed by atoms with E-state index in [2.05, 4.69) is 4.99 Å². The van der Waals surface area contributed by atoms with Crippen molar-refractivity contribution in [3.63, 3.8) is 0 Å². The number of halogens is 1. The Hall–Kier alpha value is -3.16. The minimum absolute atomic E-state index is 0.204. The third kappa shape index (κ3) is 4.51. The van der Waals surface area contributed by atoms with E-state index < -0.39 is 12.0 Å². The third-order valence-corrected chi connectivity index (χ3v) is 6.64. The summed E-state index contributed by atoms with van der Waals surface area (Å²) in [6, 6.07) is 14.5. The van der Waals surface area contributed by atoms with Gasteiger partial charge in [-0.1, -0.05) is 47.2 Å². The summed E-state index contributed by atoms with van der Waals surface area (Å²) in [5, 5.41) is 0.629. The van der Waals surface area contributed by atoms with E-state index >= 15 is 0 Å². The molecule has 8 heteroatoms. The van der Waals surface area contributed by atoms with E-state index in [0.29, 0.717) is 25.6 Å². The fraction of sp³-hybridized carbons (Fsp3) is 0.240. The van der Waals surface area contributed by atoms with Crippen molar-refractivity contribution in [3.8, 4) is 0 Å². The van der Waals surface area contributed by atoms with Crippen LogP contribution in [0.3, 0.4) is 0 Å². The van der Waals surface area contributed by atoms with Gasteiger partial charge in [0.1, 0.15) is 0 Å². The molecule has 0 saturated heterocycles. The Morgan fingerprint density at radius 3 is 2.45 bits per heavy atom. The second kappa shape index (κ2) is 9.37. The molecule has 0 N–H and O–H groups in total. The van der Waals surface area contributed by atoms with Crippen molar-refractivity contribution in [2.75, 3.05) is 25.6 Å². The van der Waals surface area contributed by atoms with Crippen molar-refractivity contribution in [2.24, 2.45) is 4.99 Å².